The maximum absolute atomic E-state index is 10.2. The van der Waals surface area contributed by atoms with Crippen LogP contribution in [0.15, 0.2) is 84.0 Å². The molecule has 1 N–H and O–H groups in total. The van der Waals surface area contributed by atoms with Gasteiger partial charge in [-0.3, -0.25) is 4.79 Å². The summed E-state index contributed by atoms with van der Waals surface area (Å²) in [6, 6.07) is 22.1. The summed E-state index contributed by atoms with van der Waals surface area (Å²) >= 11 is 0. The van der Waals surface area contributed by atoms with E-state index in [0.29, 0.717) is 0 Å². The smallest absolute Gasteiger partial charge is 0.250 e. The Kier molecular flexibility index (Phi) is 4.64. The first-order chi connectivity index (χ1) is 9.36. The van der Waals surface area contributed by atoms with Crippen LogP contribution in [0.2, 0.25) is 0 Å². The number of nitrogens with one attached hydrogen (secondary N) is 1. The fourth-order valence-electron chi connectivity index (χ4n) is 1.56. The van der Waals surface area contributed by atoms with Gasteiger partial charge in [0.25, 0.3) is 5.56 Å². The number of aromatic amines is 1. The van der Waals surface area contributed by atoms with Gasteiger partial charge in [0.2, 0.25) is 0 Å². The summed E-state index contributed by atoms with van der Waals surface area (Å²) in [4.78, 5) is 16.1. The van der Waals surface area contributed by atoms with Crippen LogP contribution in [0.3, 0.4) is 0 Å². The van der Waals surface area contributed by atoms with Crippen molar-refractivity contribution in [3.63, 3.8) is 0 Å². The van der Waals surface area contributed by atoms with Crippen LogP contribution in [0.4, 0.5) is 0 Å². The van der Waals surface area contributed by atoms with Gasteiger partial charge in [-0.2, -0.15) is 0 Å². The molecule has 1 heterocycles. The highest BCUT2D eigenvalue weighted by atomic mass is 16.1. The molecule has 0 aliphatic carbocycles. The van der Waals surface area contributed by atoms with Gasteiger partial charge in [0, 0.05) is 12.3 Å². The molecule has 0 fully saturated rings. The van der Waals surface area contributed by atoms with Gasteiger partial charge in [0.05, 0.1) is 6.33 Å². The summed E-state index contributed by atoms with van der Waals surface area (Å²) in [6.07, 6.45) is 2.79. The molecule has 19 heavy (non-hydrogen) atoms. The Morgan fingerprint density at radius 1 is 0.737 bits per heavy atom. The normalized spacial score (nSPS) is 9.26. The molecule has 0 aliphatic heterocycles. The zero-order valence-corrected chi connectivity index (χ0v) is 10.4. The highest BCUT2D eigenvalue weighted by Gasteiger charge is 1.91. The van der Waals surface area contributed by atoms with E-state index in [0.717, 1.165) is 0 Å². The van der Waals surface area contributed by atoms with Gasteiger partial charge in [-0.05, 0) is 11.1 Å². The van der Waals surface area contributed by atoms with E-state index < -0.39 is 0 Å². The standard InChI is InChI=1S/C12H10.C4H4N2O/c1-3-7-11(8-4-1)12-9-5-2-6-10-12;7-4-1-2-5-3-6-4/h1-10H;1-3H,(H,5,6,7). The van der Waals surface area contributed by atoms with Gasteiger partial charge in [-0.15, -0.1) is 0 Å². The van der Waals surface area contributed by atoms with Crippen LogP contribution in [-0.4, -0.2) is 9.97 Å². The maximum Gasteiger partial charge on any atom is 0.250 e. The fraction of sp³-hybridized carbons (Fsp3) is 0. The van der Waals surface area contributed by atoms with Crippen LogP contribution >= 0.6 is 0 Å². The Morgan fingerprint density at radius 2 is 1.26 bits per heavy atom. The molecule has 94 valence electrons. The Bertz CT molecular complexity index is 593. The number of nitrogens with zero attached hydrogens (tertiary/aromatic N) is 1. The molecule has 0 atom stereocenters. The molecule has 3 nitrogen and oxygen atoms in total. The van der Waals surface area contributed by atoms with Crippen molar-refractivity contribution < 1.29 is 0 Å². The van der Waals surface area contributed by atoms with Crippen molar-refractivity contribution in [2.45, 2.75) is 0 Å². The third-order valence-electron chi connectivity index (χ3n) is 2.47. The van der Waals surface area contributed by atoms with Crippen molar-refractivity contribution in [2.75, 3.05) is 0 Å². The number of hydrogen-bond donors (Lipinski definition) is 1. The van der Waals surface area contributed by atoms with Gasteiger partial charge in [0.15, 0.2) is 0 Å². The minimum Gasteiger partial charge on any atom is -0.313 e. The van der Waals surface area contributed by atoms with E-state index >= 15 is 0 Å². The Hall–Kier alpha value is -2.68. The van der Waals surface area contributed by atoms with Crippen LogP contribution in [0.5, 0.6) is 0 Å². The summed E-state index contributed by atoms with van der Waals surface area (Å²) in [5.41, 5.74) is 2.44. The van der Waals surface area contributed by atoms with Crippen LogP contribution in [0.25, 0.3) is 11.1 Å². The van der Waals surface area contributed by atoms with Crippen molar-refractivity contribution in [1.29, 1.82) is 0 Å². The largest absolute Gasteiger partial charge is 0.313 e. The molecule has 3 rings (SSSR count). The summed E-state index contributed by atoms with van der Waals surface area (Å²) in [5, 5.41) is 0. The van der Waals surface area contributed by atoms with E-state index in [2.05, 4.69) is 58.5 Å². The highest BCUT2D eigenvalue weighted by molar-refractivity contribution is 5.62. The summed E-state index contributed by atoms with van der Waals surface area (Å²) < 4.78 is 0. The Balaban J connectivity index is 0.000000163. The van der Waals surface area contributed by atoms with E-state index in [4.69, 9.17) is 0 Å². The first kappa shape index (κ1) is 12.8. The predicted octanol–water partition coefficient (Wildman–Crippen LogP) is 3.12. The molecule has 0 unspecified atom stereocenters. The van der Waals surface area contributed by atoms with Crippen LogP contribution in [0, 0.1) is 0 Å². The molecule has 0 saturated carbocycles. The molecule has 0 saturated heterocycles. The third kappa shape index (κ3) is 4.24. The number of rotatable bonds is 1. The van der Waals surface area contributed by atoms with Gasteiger partial charge in [-0.25, -0.2) is 4.98 Å². The molecule has 0 spiro atoms. The van der Waals surface area contributed by atoms with Crippen molar-refractivity contribution in [3.8, 4) is 11.1 Å². The molecule has 3 heteroatoms. The molecule has 0 aliphatic rings. The molecular weight excluding hydrogens is 236 g/mol. The van der Waals surface area contributed by atoms with Crippen molar-refractivity contribution in [1.82, 2.24) is 9.97 Å². The molecule has 0 amide bonds. The second-order valence-corrected chi connectivity index (χ2v) is 3.83. The molecular formula is C16H14N2O. The predicted molar refractivity (Wildman–Crippen MR) is 76.7 cm³/mol. The zero-order chi connectivity index (χ0) is 13.3. The number of hydrogen-bond acceptors (Lipinski definition) is 2. The lowest BCUT2D eigenvalue weighted by molar-refractivity contribution is 1.12. The quantitative estimate of drug-likeness (QED) is 0.721. The molecule has 0 radical (unpaired) electrons. The lowest BCUT2D eigenvalue weighted by atomic mass is 10.1. The first-order valence-electron chi connectivity index (χ1n) is 5.95. The van der Waals surface area contributed by atoms with E-state index in [-0.39, 0.29) is 5.56 Å². The lowest BCUT2D eigenvalue weighted by Crippen LogP contribution is -2.00. The molecule has 0 bridgehead atoms. The average molecular weight is 250 g/mol. The summed E-state index contributed by atoms with van der Waals surface area (Å²) in [7, 11) is 0. The average Bonchev–Trinajstić information content (AvgIpc) is 2.51. The second kappa shape index (κ2) is 6.91. The van der Waals surface area contributed by atoms with Crippen LogP contribution in [0.1, 0.15) is 0 Å². The molecule has 2 aromatic carbocycles. The molecule has 3 aromatic rings. The maximum atomic E-state index is 10.2. The zero-order valence-electron chi connectivity index (χ0n) is 10.4. The Labute approximate surface area is 111 Å². The fourth-order valence-corrected chi connectivity index (χ4v) is 1.56. The second-order valence-electron chi connectivity index (χ2n) is 3.83. The SMILES string of the molecule is O=c1ccnc[nH]1.c1ccc(-c2ccccc2)cc1. The van der Waals surface area contributed by atoms with Crippen molar-refractivity contribution >= 4 is 0 Å². The van der Waals surface area contributed by atoms with E-state index in [1.54, 1.807) is 0 Å². The minimum absolute atomic E-state index is 0.116. The number of aromatic nitrogens is 2. The summed E-state index contributed by atoms with van der Waals surface area (Å²) in [6.45, 7) is 0. The topological polar surface area (TPSA) is 45.8 Å². The third-order valence-corrected chi connectivity index (χ3v) is 2.47. The van der Waals surface area contributed by atoms with E-state index in [1.165, 1.54) is 29.7 Å². The minimum atomic E-state index is -0.116. The monoisotopic (exact) mass is 250 g/mol. The lowest BCUT2D eigenvalue weighted by Gasteiger charge is -1.98. The van der Waals surface area contributed by atoms with E-state index in [1.807, 2.05) is 12.1 Å². The van der Waals surface area contributed by atoms with Gasteiger partial charge in [-0.1, -0.05) is 60.7 Å². The first-order valence-corrected chi connectivity index (χ1v) is 5.95. The van der Waals surface area contributed by atoms with E-state index in [9.17, 15) is 4.79 Å². The van der Waals surface area contributed by atoms with Crippen LogP contribution < -0.4 is 5.56 Å². The highest BCUT2D eigenvalue weighted by Crippen LogP contribution is 2.17. The van der Waals surface area contributed by atoms with Crippen molar-refractivity contribution in [3.05, 3.63) is 89.6 Å². The van der Waals surface area contributed by atoms with Gasteiger partial charge in [0.1, 0.15) is 0 Å². The number of benzene rings is 2. The summed E-state index contributed by atoms with van der Waals surface area (Å²) in [5.74, 6) is 0. The van der Waals surface area contributed by atoms with Crippen molar-refractivity contribution in [2.24, 2.45) is 0 Å². The number of H-pyrrole nitrogens is 1. The molecule has 1 aromatic heterocycles. The van der Waals surface area contributed by atoms with Gasteiger partial charge < -0.3 is 4.98 Å². The van der Waals surface area contributed by atoms with Crippen LogP contribution in [-0.2, 0) is 0 Å². The van der Waals surface area contributed by atoms with Gasteiger partial charge >= 0.3 is 0 Å². The Morgan fingerprint density at radius 3 is 1.58 bits per heavy atom.